The molecular weight excluding hydrogens is 536 g/mol. The number of hydrogen-bond donors (Lipinski definition) is 1. The summed E-state index contributed by atoms with van der Waals surface area (Å²) in [5.74, 6) is 0.791. The Labute approximate surface area is 235 Å². The van der Waals surface area contributed by atoms with Gasteiger partial charge in [0.2, 0.25) is 5.95 Å². The third-order valence-corrected chi connectivity index (χ3v) is 9.62. The van der Waals surface area contributed by atoms with Gasteiger partial charge >= 0.3 is 6.09 Å². The zero-order valence-corrected chi connectivity index (χ0v) is 24.5. The highest BCUT2D eigenvalue weighted by Gasteiger charge is 2.31. The van der Waals surface area contributed by atoms with Crippen LogP contribution in [0.4, 0.5) is 16.6 Å². The molecule has 0 aromatic carbocycles. The fraction of sp³-hybridized carbons (Fsp3) is 0.462. The van der Waals surface area contributed by atoms with Gasteiger partial charge in [-0.1, -0.05) is 11.8 Å². The van der Waals surface area contributed by atoms with Crippen LogP contribution in [-0.4, -0.2) is 70.5 Å². The van der Waals surface area contributed by atoms with Crippen LogP contribution in [0, 0.1) is 11.3 Å². The molecule has 1 aliphatic carbocycles. The van der Waals surface area contributed by atoms with Crippen LogP contribution in [-0.2, 0) is 18.2 Å². The van der Waals surface area contributed by atoms with Crippen molar-refractivity contribution in [2.45, 2.75) is 55.8 Å². The van der Waals surface area contributed by atoms with Crippen LogP contribution >= 0.6 is 11.8 Å². The predicted octanol–water partition coefficient (Wildman–Crippen LogP) is 4.51. The number of carboxylic acid groups (broad SMARTS) is 1. The number of nitrogens with zero attached hydrogens (tertiary/aromatic N) is 8. The maximum Gasteiger partial charge on any atom is 0.414 e. The molecule has 13 heteroatoms. The van der Waals surface area contributed by atoms with E-state index in [1.807, 2.05) is 32.1 Å². The molecule has 1 N–H and O–H groups in total. The number of rotatable bonds is 8. The Morgan fingerprint density at radius 1 is 1.28 bits per heavy atom. The van der Waals surface area contributed by atoms with Gasteiger partial charge in [0, 0.05) is 56.3 Å². The molecule has 0 unspecified atom stereocenters. The number of thioether (sulfide) groups is 1. The van der Waals surface area contributed by atoms with Crippen molar-refractivity contribution < 1.29 is 14.5 Å². The first kappa shape index (κ1) is 28.7. The summed E-state index contributed by atoms with van der Waals surface area (Å²) in [5.41, 5.74) is 2.07. The summed E-state index contributed by atoms with van der Waals surface area (Å²) >= 11 is 0.293. The van der Waals surface area contributed by atoms with E-state index in [1.165, 1.54) is 24.2 Å². The number of nitriles is 1. The van der Waals surface area contributed by atoms with Gasteiger partial charge in [-0.3, -0.25) is 4.68 Å². The second kappa shape index (κ2) is 11.4. The predicted molar refractivity (Wildman–Crippen MR) is 153 cm³/mol. The van der Waals surface area contributed by atoms with Crippen LogP contribution in [0.15, 0.2) is 29.6 Å². The molecule has 1 amide bonds. The highest BCUT2D eigenvalue weighted by Crippen LogP contribution is 2.37. The van der Waals surface area contributed by atoms with E-state index >= 15 is 0 Å². The average molecular weight is 569 g/mol. The van der Waals surface area contributed by atoms with Crippen LogP contribution in [0.25, 0.3) is 22.5 Å². The van der Waals surface area contributed by atoms with Crippen molar-refractivity contribution in [1.82, 2.24) is 24.7 Å². The van der Waals surface area contributed by atoms with Crippen molar-refractivity contribution in [3.63, 3.8) is 0 Å². The minimum atomic E-state index is -1.15. The summed E-state index contributed by atoms with van der Waals surface area (Å²) in [7, 11) is 5.60. The molecule has 0 bridgehead atoms. The first-order valence-electron chi connectivity index (χ1n) is 12.4. The summed E-state index contributed by atoms with van der Waals surface area (Å²) in [4.78, 5) is 28.3. The Bertz CT molecular complexity index is 1390. The largest absolute Gasteiger partial charge is 0.615 e. The molecule has 39 heavy (non-hydrogen) atoms. The van der Waals surface area contributed by atoms with Gasteiger partial charge in [0.25, 0.3) is 0 Å². The minimum absolute atomic E-state index is 0.0559. The third kappa shape index (κ3) is 6.13. The Kier molecular flexibility index (Phi) is 8.39. The molecule has 0 radical (unpaired) electrons. The molecule has 1 fully saturated rings. The lowest BCUT2D eigenvalue weighted by Gasteiger charge is -2.30. The monoisotopic (exact) mass is 568 g/mol. The minimum Gasteiger partial charge on any atom is -0.615 e. The number of aryl methyl sites for hydroxylation is 1. The first-order chi connectivity index (χ1) is 18.4. The number of carbonyl (C=O) groups is 1. The lowest BCUT2D eigenvalue weighted by Crippen LogP contribution is -2.46. The molecule has 1 saturated carbocycles. The zero-order chi connectivity index (χ0) is 28.5. The average Bonchev–Trinajstić information content (AvgIpc) is 3.22. The van der Waals surface area contributed by atoms with Crippen molar-refractivity contribution in [2.75, 3.05) is 29.0 Å². The summed E-state index contributed by atoms with van der Waals surface area (Å²) in [6.07, 6.45) is 4.92. The fourth-order valence-electron chi connectivity index (χ4n) is 4.09. The van der Waals surface area contributed by atoms with Crippen LogP contribution < -0.4 is 9.80 Å². The lowest BCUT2D eigenvalue weighted by molar-refractivity contribution is 0.195. The van der Waals surface area contributed by atoms with E-state index in [0.717, 1.165) is 35.7 Å². The summed E-state index contributed by atoms with van der Waals surface area (Å²) in [5, 5.41) is 25.4. The molecule has 206 valence electrons. The topological polar surface area (TPSA) is 147 Å². The molecule has 3 aromatic rings. The van der Waals surface area contributed by atoms with Crippen molar-refractivity contribution in [3.05, 3.63) is 30.1 Å². The van der Waals surface area contributed by atoms with E-state index in [0.29, 0.717) is 32.5 Å². The highest BCUT2D eigenvalue weighted by molar-refractivity contribution is 8.12. The van der Waals surface area contributed by atoms with Crippen LogP contribution in [0.1, 0.15) is 45.6 Å². The SMILES string of the molecule is CN(C)c1cc(-c2cc(-c3cnc(N(C(=O)O)C(C)(C)C)nc3)nc(SC[S@+]([O-])C3CCC3)c2C#N)n(C)n1. The van der Waals surface area contributed by atoms with Gasteiger partial charge in [-0.15, -0.1) is 0 Å². The smallest absolute Gasteiger partial charge is 0.414 e. The van der Waals surface area contributed by atoms with Gasteiger partial charge in [0.15, 0.2) is 10.9 Å². The fourth-order valence-corrected chi connectivity index (χ4v) is 7.09. The van der Waals surface area contributed by atoms with Gasteiger partial charge in [-0.05, 0) is 57.3 Å². The molecule has 3 heterocycles. The van der Waals surface area contributed by atoms with Gasteiger partial charge in [-0.2, -0.15) is 10.4 Å². The summed E-state index contributed by atoms with van der Waals surface area (Å²) < 4.78 is 14.5. The Hall–Kier alpha value is -3.34. The zero-order valence-electron chi connectivity index (χ0n) is 22.9. The highest BCUT2D eigenvalue weighted by atomic mass is 32.3. The molecule has 1 atom stereocenters. The van der Waals surface area contributed by atoms with Gasteiger partial charge in [-0.25, -0.2) is 24.6 Å². The number of pyridine rings is 1. The summed E-state index contributed by atoms with van der Waals surface area (Å²) in [6, 6.07) is 5.99. The molecule has 0 aliphatic heterocycles. The Morgan fingerprint density at radius 3 is 2.44 bits per heavy atom. The van der Waals surface area contributed by atoms with Gasteiger partial charge in [0.05, 0.1) is 17.0 Å². The van der Waals surface area contributed by atoms with Crippen molar-refractivity contribution in [2.24, 2.45) is 7.05 Å². The molecule has 0 saturated heterocycles. The normalized spacial score (nSPS) is 14.4. The van der Waals surface area contributed by atoms with Crippen molar-refractivity contribution in [1.29, 1.82) is 5.26 Å². The Balaban J connectivity index is 1.79. The van der Waals surface area contributed by atoms with E-state index < -0.39 is 22.8 Å². The van der Waals surface area contributed by atoms with Gasteiger partial charge in [0.1, 0.15) is 16.3 Å². The van der Waals surface area contributed by atoms with Crippen LogP contribution in [0.5, 0.6) is 0 Å². The molecule has 0 spiro atoms. The van der Waals surface area contributed by atoms with Crippen LogP contribution in [0.2, 0.25) is 0 Å². The maximum absolute atomic E-state index is 12.8. The second-order valence-electron chi connectivity index (χ2n) is 10.5. The quantitative estimate of drug-likeness (QED) is 0.304. The molecule has 3 aromatic heterocycles. The second-order valence-corrected chi connectivity index (χ2v) is 13.6. The van der Waals surface area contributed by atoms with Crippen molar-refractivity contribution >= 4 is 40.8 Å². The summed E-state index contributed by atoms with van der Waals surface area (Å²) in [6.45, 7) is 5.29. The molecule has 11 nitrogen and oxygen atoms in total. The van der Waals surface area contributed by atoms with Crippen molar-refractivity contribution in [3.8, 4) is 28.6 Å². The number of amides is 1. The number of anilines is 2. The van der Waals surface area contributed by atoms with Crippen LogP contribution in [0.3, 0.4) is 0 Å². The molecule has 4 rings (SSSR count). The van der Waals surface area contributed by atoms with E-state index in [2.05, 4.69) is 21.1 Å². The third-order valence-electron chi connectivity index (χ3n) is 6.43. The maximum atomic E-state index is 12.8. The number of aromatic nitrogens is 5. The molecule has 1 aliphatic rings. The number of hydrogen-bond acceptors (Lipinski definition) is 9. The van der Waals surface area contributed by atoms with E-state index in [-0.39, 0.29) is 11.2 Å². The molecular formula is C26H32N8O3S2. The van der Waals surface area contributed by atoms with Gasteiger partial charge < -0.3 is 14.6 Å². The van der Waals surface area contributed by atoms with E-state index in [4.69, 9.17) is 4.98 Å². The van der Waals surface area contributed by atoms with E-state index in [1.54, 1.807) is 31.5 Å². The Morgan fingerprint density at radius 2 is 1.95 bits per heavy atom. The lowest BCUT2D eigenvalue weighted by atomic mass is 10.0. The first-order valence-corrected chi connectivity index (χ1v) is 14.8. The standard InChI is InChI=1S/C26H32N8O3S2/c1-26(2,3)34(25(35)36)24-28-13-16(14-29-24)20-10-18(21-11-22(32(4)5)31-33(21)6)19(12-27)23(30-20)38-15-39(37)17-8-7-9-17/h10-11,13-14,17H,7-9,15H2,1-6H3,(H,35,36)/t39-/m0/s1. The van der Waals surface area contributed by atoms with E-state index in [9.17, 15) is 19.7 Å².